The minimum absolute atomic E-state index is 0.373. The summed E-state index contributed by atoms with van der Waals surface area (Å²) in [6, 6.07) is 1.03. The Labute approximate surface area is 109 Å². The van der Waals surface area contributed by atoms with E-state index in [0.717, 1.165) is 4.90 Å². The number of nitrogen functional groups attached to an aromatic ring is 1. The standard InChI is InChI=1S/C10H13F2N3O3S/c1-15(2)10(16)5-14-19(17,18)9-4-8(13)6(11)3-7(9)12/h3-4,14H,5,13H2,1-2H3. The second-order valence-electron chi connectivity index (χ2n) is 3.92. The van der Waals surface area contributed by atoms with Crippen molar-refractivity contribution in [2.45, 2.75) is 4.90 Å². The number of nitrogens with two attached hydrogens (primary N) is 1. The number of amides is 1. The maximum Gasteiger partial charge on any atom is 0.244 e. The molecule has 3 N–H and O–H groups in total. The number of hydrogen-bond acceptors (Lipinski definition) is 4. The lowest BCUT2D eigenvalue weighted by Gasteiger charge is -2.12. The van der Waals surface area contributed by atoms with Crippen LogP contribution in [0, 0.1) is 11.6 Å². The van der Waals surface area contributed by atoms with Gasteiger partial charge in [-0.3, -0.25) is 4.79 Å². The summed E-state index contributed by atoms with van der Waals surface area (Å²) in [4.78, 5) is 11.6. The van der Waals surface area contributed by atoms with Crippen molar-refractivity contribution in [2.75, 3.05) is 26.4 Å². The van der Waals surface area contributed by atoms with Crippen molar-refractivity contribution in [3.05, 3.63) is 23.8 Å². The molecule has 9 heteroatoms. The molecule has 19 heavy (non-hydrogen) atoms. The Morgan fingerprint density at radius 1 is 1.32 bits per heavy atom. The number of likely N-dealkylation sites (N-methyl/N-ethyl adjacent to an activating group) is 1. The third-order valence-corrected chi connectivity index (χ3v) is 3.67. The van der Waals surface area contributed by atoms with Crippen LogP contribution in [0.25, 0.3) is 0 Å². The SMILES string of the molecule is CN(C)C(=O)CNS(=O)(=O)c1cc(N)c(F)cc1F. The number of nitrogens with zero attached hydrogens (tertiary/aromatic N) is 1. The van der Waals surface area contributed by atoms with Crippen molar-refractivity contribution >= 4 is 21.6 Å². The quantitative estimate of drug-likeness (QED) is 0.759. The van der Waals surface area contributed by atoms with Crippen molar-refractivity contribution in [1.82, 2.24) is 9.62 Å². The second kappa shape index (κ2) is 5.49. The molecule has 0 aromatic heterocycles. The van der Waals surface area contributed by atoms with E-state index < -0.39 is 44.7 Å². The Balaban J connectivity index is 3.01. The van der Waals surface area contributed by atoms with Gasteiger partial charge in [0.05, 0.1) is 12.2 Å². The van der Waals surface area contributed by atoms with Gasteiger partial charge in [-0.05, 0) is 6.07 Å². The molecule has 0 heterocycles. The molecule has 0 atom stereocenters. The first-order valence-electron chi connectivity index (χ1n) is 5.09. The van der Waals surface area contributed by atoms with E-state index in [-0.39, 0.29) is 0 Å². The summed E-state index contributed by atoms with van der Waals surface area (Å²) in [6.07, 6.45) is 0. The summed E-state index contributed by atoms with van der Waals surface area (Å²) in [7, 11) is -1.40. The largest absolute Gasteiger partial charge is 0.396 e. The minimum atomic E-state index is -4.28. The number of carbonyl (C=O) groups is 1. The maximum atomic E-state index is 13.4. The van der Waals surface area contributed by atoms with Crippen LogP contribution in [0.3, 0.4) is 0 Å². The van der Waals surface area contributed by atoms with Gasteiger partial charge in [0, 0.05) is 20.2 Å². The second-order valence-corrected chi connectivity index (χ2v) is 5.65. The van der Waals surface area contributed by atoms with Crippen LogP contribution >= 0.6 is 0 Å². The molecular weight excluding hydrogens is 280 g/mol. The Bertz CT molecular complexity index is 602. The zero-order valence-corrected chi connectivity index (χ0v) is 11.1. The van der Waals surface area contributed by atoms with Crippen molar-refractivity contribution in [3.63, 3.8) is 0 Å². The van der Waals surface area contributed by atoms with Crippen LogP contribution in [-0.2, 0) is 14.8 Å². The lowest BCUT2D eigenvalue weighted by molar-refractivity contribution is -0.127. The number of anilines is 1. The third-order valence-electron chi connectivity index (χ3n) is 2.25. The number of carbonyl (C=O) groups excluding carboxylic acids is 1. The topological polar surface area (TPSA) is 92.5 Å². The molecule has 0 radical (unpaired) electrons. The highest BCUT2D eigenvalue weighted by atomic mass is 32.2. The maximum absolute atomic E-state index is 13.4. The van der Waals surface area contributed by atoms with Gasteiger partial charge in [0.15, 0.2) is 0 Å². The highest BCUT2D eigenvalue weighted by Gasteiger charge is 2.22. The molecule has 0 fully saturated rings. The van der Waals surface area contributed by atoms with Gasteiger partial charge >= 0.3 is 0 Å². The molecule has 0 unspecified atom stereocenters. The Morgan fingerprint density at radius 3 is 2.42 bits per heavy atom. The lowest BCUT2D eigenvalue weighted by Crippen LogP contribution is -2.36. The van der Waals surface area contributed by atoms with Crippen LogP contribution in [0.2, 0.25) is 0 Å². The molecule has 6 nitrogen and oxygen atoms in total. The molecule has 106 valence electrons. The lowest BCUT2D eigenvalue weighted by atomic mass is 10.3. The molecular formula is C10H13F2N3O3S. The van der Waals surface area contributed by atoms with Gasteiger partial charge < -0.3 is 10.6 Å². The molecule has 0 spiro atoms. The summed E-state index contributed by atoms with van der Waals surface area (Å²) in [5.74, 6) is -2.85. The number of hydrogen-bond donors (Lipinski definition) is 2. The molecule has 0 saturated heterocycles. The minimum Gasteiger partial charge on any atom is -0.396 e. The molecule has 0 aliphatic heterocycles. The van der Waals surface area contributed by atoms with Gasteiger partial charge in [0.2, 0.25) is 15.9 Å². The van der Waals surface area contributed by atoms with Gasteiger partial charge in [-0.15, -0.1) is 0 Å². The molecule has 1 amide bonds. The summed E-state index contributed by atoms with van der Waals surface area (Å²) < 4.78 is 51.7. The Kier molecular flexibility index (Phi) is 4.43. The van der Waals surface area contributed by atoms with Crippen LogP contribution < -0.4 is 10.5 Å². The normalized spacial score (nSPS) is 11.4. The van der Waals surface area contributed by atoms with Gasteiger partial charge in [0.25, 0.3) is 0 Å². The van der Waals surface area contributed by atoms with Crippen LogP contribution in [0.1, 0.15) is 0 Å². The van der Waals surface area contributed by atoms with E-state index in [1.54, 1.807) is 0 Å². The number of sulfonamides is 1. The first-order chi connectivity index (χ1) is 8.65. The van der Waals surface area contributed by atoms with Gasteiger partial charge in [-0.25, -0.2) is 21.9 Å². The van der Waals surface area contributed by atoms with Gasteiger partial charge in [0.1, 0.15) is 16.5 Å². The van der Waals surface area contributed by atoms with Crippen molar-refractivity contribution in [1.29, 1.82) is 0 Å². The number of benzene rings is 1. The van der Waals surface area contributed by atoms with E-state index in [4.69, 9.17) is 5.73 Å². The van der Waals surface area contributed by atoms with E-state index in [1.807, 2.05) is 4.72 Å². The highest BCUT2D eigenvalue weighted by Crippen LogP contribution is 2.20. The van der Waals surface area contributed by atoms with Crippen molar-refractivity contribution in [2.24, 2.45) is 0 Å². The number of nitrogens with one attached hydrogen (secondary N) is 1. The zero-order chi connectivity index (χ0) is 14.8. The van der Waals surface area contributed by atoms with E-state index in [2.05, 4.69) is 0 Å². The summed E-state index contributed by atoms with van der Waals surface area (Å²) in [5, 5.41) is 0. The first kappa shape index (κ1) is 15.3. The molecule has 0 aliphatic rings. The molecule has 0 bridgehead atoms. The molecule has 1 aromatic carbocycles. The molecule has 0 saturated carbocycles. The van der Waals surface area contributed by atoms with Crippen molar-refractivity contribution in [3.8, 4) is 0 Å². The smallest absolute Gasteiger partial charge is 0.244 e. The summed E-state index contributed by atoms with van der Waals surface area (Å²) >= 11 is 0. The summed E-state index contributed by atoms with van der Waals surface area (Å²) in [6.45, 7) is -0.536. The monoisotopic (exact) mass is 293 g/mol. The van der Waals surface area contributed by atoms with E-state index in [0.29, 0.717) is 12.1 Å². The predicted molar refractivity (Wildman–Crippen MR) is 64.7 cm³/mol. The van der Waals surface area contributed by atoms with Crippen LogP contribution in [0.4, 0.5) is 14.5 Å². The van der Waals surface area contributed by atoms with E-state index in [9.17, 15) is 22.0 Å². The van der Waals surface area contributed by atoms with Gasteiger partial charge in [-0.2, -0.15) is 0 Å². The number of rotatable bonds is 4. The van der Waals surface area contributed by atoms with E-state index in [1.165, 1.54) is 14.1 Å². The van der Waals surface area contributed by atoms with Crippen molar-refractivity contribution < 1.29 is 22.0 Å². The Morgan fingerprint density at radius 2 is 1.89 bits per heavy atom. The molecule has 1 rings (SSSR count). The molecule has 1 aromatic rings. The van der Waals surface area contributed by atoms with Crippen LogP contribution in [0.15, 0.2) is 17.0 Å². The van der Waals surface area contributed by atoms with Crippen LogP contribution in [0.5, 0.6) is 0 Å². The first-order valence-corrected chi connectivity index (χ1v) is 6.58. The van der Waals surface area contributed by atoms with Crippen LogP contribution in [-0.4, -0.2) is 39.9 Å². The average molecular weight is 293 g/mol. The fourth-order valence-electron chi connectivity index (χ4n) is 1.14. The molecule has 0 aliphatic carbocycles. The van der Waals surface area contributed by atoms with E-state index >= 15 is 0 Å². The van der Waals surface area contributed by atoms with Gasteiger partial charge in [-0.1, -0.05) is 0 Å². The zero-order valence-electron chi connectivity index (χ0n) is 10.3. The fraction of sp³-hybridized carbons (Fsp3) is 0.300. The third kappa shape index (κ3) is 3.61. The summed E-state index contributed by atoms with van der Waals surface area (Å²) in [5.41, 5.74) is 4.68. The Hall–Kier alpha value is -1.74. The predicted octanol–water partition coefficient (Wildman–Crippen LogP) is -0.0865. The fourth-order valence-corrected chi connectivity index (χ4v) is 2.21. The highest BCUT2D eigenvalue weighted by molar-refractivity contribution is 7.89. The number of halogens is 2. The average Bonchev–Trinajstić information content (AvgIpc) is 2.30.